The Morgan fingerprint density at radius 1 is 1.23 bits per heavy atom. The van der Waals surface area contributed by atoms with Crippen molar-refractivity contribution in [2.24, 2.45) is 0 Å². The number of hydrogen-bond donors (Lipinski definition) is 1. The van der Waals surface area contributed by atoms with Crippen LogP contribution in [0.4, 0.5) is 11.4 Å². The number of halogens is 1. The topological polar surface area (TPSA) is 109 Å². The quantitative estimate of drug-likeness (QED) is 0.247. The van der Waals surface area contributed by atoms with Crippen molar-refractivity contribution in [1.29, 1.82) is 5.26 Å². The van der Waals surface area contributed by atoms with Crippen LogP contribution < -0.4 is 5.32 Å². The molecule has 0 aliphatic rings. The molecule has 0 bridgehead atoms. The first kappa shape index (κ1) is 20.8. The highest BCUT2D eigenvalue weighted by molar-refractivity contribution is 6.33. The van der Waals surface area contributed by atoms with Crippen LogP contribution in [-0.2, 0) is 4.79 Å². The van der Waals surface area contributed by atoms with Crippen LogP contribution in [-0.4, -0.2) is 10.8 Å². The van der Waals surface area contributed by atoms with E-state index in [-0.39, 0.29) is 27.8 Å². The Morgan fingerprint density at radius 3 is 2.70 bits per heavy atom. The van der Waals surface area contributed by atoms with Crippen molar-refractivity contribution >= 4 is 35.0 Å². The number of anilines is 1. The third-order valence-electron chi connectivity index (χ3n) is 4.56. The van der Waals surface area contributed by atoms with Crippen LogP contribution in [0.1, 0.15) is 16.9 Å². The molecule has 30 heavy (non-hydrogen) atoms. The van der Waals surface area contributed by atoms with Gasteiger partial charge in [0.1, 0.15) is 23.2 Å². The van der Waals surface area contributed by atoms with Gasteiger partial charge in [-0.2, -0.15) is 5.26 Å². The zero-order valence-electron chi connectivity index (χ0n) is 16.1. The molecular weight excluding hydrogens is 406 g/mol. The average Bonchev–Trinajstić information content (AvgIpc) is 3.18. The minimum absolute atomic E-state index is 0.131. The molecule has 7 nitrogen and oxygen atoms in total. The van der Waals surface area contributed by atoms with Crippen molar-refractivity contribution < 1.29 is 14.1 Å². The molecule has 2 aromatic carbocycles. The van der Waals surface area contributed by atoms with Gasteiger partial charge < -0.3 is 9.73 Å². The Hall–Kier alpha value is -3.89. The van der Waals surface area contributed by atoms with Gasteiger partial charge in [0.15, 0.2) is 0 Å². The predicted octanol–water partition coefficient (Wildman–Crippen LogP) is 5.67. The number of nitrogens with one attached hydrogen (secondary N) is 1. The van der Waals surface area contributed by atoms with Crippen LogP contribution in [0.3, 0.4) is 0 Å². The van der Waals surface area contributed by atoms with Gasteiger partial charge in [-0.15, -0.1) is 0 Å². The third kappa shape index (κ3) is 4.40. The van der Waals surface area contributed by atoms with Gasteiger partial charge in [0.05, 0.1) is 9.95 Å². The van der Waals surface area contributed by atoms with E-state index in [2.05, 4.69) is 5.32 Å². The summed E-state index contributed by atoms with van der Waals surface area (Å²) in [6.45, 7) is 3.80. The lowest BCUT2D eigenvalue weighted by molar-refractivity contribution is -0.384. The lowest BCUT2D eigenvalue weighted by Gasteiger charge is -2.09. The van der Waals surface area contributed by atoms with E-state index in [1.54, 1.807) is 18.2 Å². The summed E-state index contributed by atoms with van der Waals surface area (Å²) < 4.78 is 5.65. The summed E-state index contributed by atoms with van der Waals surface area (Å²) in [5.41, 5.74) is 2.59. The van der Waals surface area contributed by atoms with Crippen molar-refractivity contribution in [3.05, 3.63) is 86.1 Å². The van der Waals surface area contributed by atoms with Crippen molar-refractivity contribution in [3.63, 3.8) is 0 Å². The van der Waals surface area contributed by atoms with Gasteiger partial charge in [0.25, 0.3) is 11.6 Å². The Morgan fingerprint density at radius 2 is 2.00 bits per heavy atom. The summed E-state index contributed by atoms with van der Waals surface area (Å²) in [4.78, 5) is 23.0. The molecule has 0 unspecified atom stereocenters. The number of rotatable bonds is 5. The van der Waals surface area contributed by atoms with Gasteiger partial charge in [-0.05, 0) is 49.2 Å². The third-order valence-corrected chi connectivity index (χ3v) is 4.89. The number of carbonyl (C=O) groups excluding carboxylic acids is 1. The summed E-state index contributed by atoms with van der Waals surface area (Å²) in [6.07, 6.45) is 1.30. The molecule has 0 spiro atoms. The van der Waals surface area contributed by atoms with Crippen LogP contribution in [0.5, 0.6) is 0 Å². The number of non-ortho nitro benzene ring substituents is 1. The van der Waals surface area contributed by atoms with Gasteiger partial charge in [-0.1, -0.05) is 23.7 Å². The number of aryl methyl sites for hydroxylation is 1. The summed E-state index contributed by atoms with van der Waals surface area (Å²) in [6, 6.07) is 14.5. The monoisotopic (exact) mass is 421 g/mol. The zero-order chi connectivity index (χ0) is 21.8. The molecule has 0 atom stereocenters. The van der Waals surface area contributed by atoms with E-state index in [4.69, 9.17) is 16.0 Å². The maximum Gasteiger partial charge on any atom is 0.270 e. The zero-order valence-corrected chi connectivity index (χ0v) is 16.9. The molecule has 0 radical (unpaired) electrons. The lowest BCUT2D eigenvalue weighted by Crippen LogP contribution is -2.14. The molecule has 0 fully saturated rings. The van der Waals surface area contributed by atoms with Gasteiger partial charge in [0.2, 0.25) is 0 Å². The van der Waals surface area contributed by atoms with Gasteiger partial charge in [-0.25, -0.2) is 0 Å². The first-order valence-electron chi connectivity index (χ1n) is 8.83. The first-order valence-corrected chi connectivity index (χ1v) is 9.21. The summed E-state index contributed by atoms with van der Waals surface area (Å²) in [7, 11) is 0. The highest BCUT2D eigenvalue weighted by Gasteiger charge is 2.16. The highest BCUT2D eigenvalue weighted by Crippen LogP contribution is 2.33. The Kier molecular flexibility index (Phi) is 6.00. The minimum atomic E-state index is -0.572. The standard InChI is InChI=1S/C22H16ClN3O4/c1-13-4-3-5-20(14(13)2)25-22(27)15(12-24)10-17-7-9-21(30-17)18-11-16(26(28)29)6-8-19(18)23/h3-11H,1-2H3,(H,25,27)/b15-10+. The van der Waals surface area contributed by atoms with Gasteiger partial charge >= 0.3 is 0 Å². The number of nitro groups is 1. The van der Waals surface area contributed by atoms with Crippen LogP contribution in [0.2, 0.25) is 5.02 Å². The molecule has 8 heteroatoms. The SMILES string of the molecule is Cc1cccc(NC(=O)/C(C#N)=C/c2ccc(-c3cc([N+](=O)[O-])ccc3Cl)o2)c1C. The predicted molar refractivity (Wildman–Crippen MR) is 114 cm³/mol. The molecule has 0 saturated carbocycles. The van der Waals surface area contributed by atoms with E-state index in [9.17, 15) is 20.2 Å². The van der Waals surface area contributed by atoms with Crippen molar-refractivity contribution in [2.75, 3.05) is 5.32 Å². The van der Waals surface area contributed by atoms with E-state index in [1.807, 2.05) is 32.0 Å². The van der Waals surface area contributed by atoms with Crippen molar-refractivity contribution in [2.45, 2.75) is 13.8 Å². The fourth-order valence-electron chi connectivity index (χ4n) is 2.76. The summed E-state index contributed by atoms with van der Waals surface area (Å²) >= 11 is 6.13. The summed E-state index contributed by atoms with van der Waals surface area (Å²) in [5.74, 6) is -0.0556. The van der Waals surface area contributed by atoms with Crippen LogP contribution in [0.15, 0.2) is 58.5 Å². The van der Waals surface area contributed by atoms with Crippen molar-refractivity contribution in [1.82, 2.24) is 0 Å². The second kappa shape index (κ2) is 8.64. The van der Waals surface area contributed by atoms with E-state index in [0.29, 0.717) is 11.3 Å². The van der Waals surface area contributed by atoms with Crippen LogP contribution in [0, 0.1) is 35.3 Å². The Balaban J connectivity index is 1.88. The second-order valence-corrected chi connectivity index (χ2v) is 6.90. The molecule has 3 rings (SSSR count). The number of hydrogen-bond acceptors (Lipinski definition) is 5. The molecule has 1 aromatic heterocycles. The molecule has 0 saturated heterocycles. The average molecular weight is 422 g/mol. The van der Waals surface area contributed by atoms with E-state index in [0.717, 1.165) is 11.1 Å². The maximum absolute atomic E-state index is 12.5. The number of amides is 1. The Labute approximate surface area is 177 Å². The summed E-state index contributed by atoms with van der Waals surface area (Å²) in [5, 5.41) is 23.4. The molecule has 3 aromatic rings. The molecular formula is C22H16ClN3O4. The lowest BCUT2D eigenvalue weighted by atomic mass is 10.1. The Bertz CT molecular complexity index is 1220. The molecule has 0 aliphatic carbocycles. The van der Waals surface area contributed by atoms with Gasteiger partial charge in [-0.3, -0.25) is 14.9 Å². The number of furan rings is 1. The maximum atomic E-state index is 12.5. The van der Waals surface area contributed by atoms with Gasteiger partial charge in [0, 0.05) is 29.5 Å². The fourth-order valence-corrected chi connectivity index (χ4v) is 2.97. The largest absolute Gasteiger partial charge is 0.457 e. The van der Waals surface area contributed by atoms with E-state index < -0.39 is 10.8 Å². The molecule has 1 amide bonds. The number of nitro benzene ring substituents is 1. The number of nitrogens with zero attached hydrogens (tertiary/aromatic N) is 2. The molecule has 1 N–H and O–H groups in total. The molecule has 1 heterocycles. The normalized spacial score (nSPS) is 11.1. The minimum Gasteiger partial charge on any atom is -0.457 e. The van der Waals surface area contributed by atoms with Crippen molar-refractivity contribution in [3.8, 4) is 17.4 Å². The second-order valence-electron chi connectivity index (χ2n) is 6.49. The highest BCUT2D eigenvalue weighted by atomic mass is 35.5. The molecule has 0 aliphatic heterocycles. The number of nitriles is 1. The smallest absolute Gasteiger partial charge is 0.270 e. The number of benzene rings is 2. The van der Waals surface area contributed by atoms with E-state index in [1.165, 1.54) is 24.3 Å². The van der Waals surface area contributed by atoms with Crippen LogP contribution >= 0.6 is 11.6 Å². The van der Waals surface area contributed by atoms with E-state index >= 15 is 0 Å². The first-order chi connectivity index (χ1) is 14.3. The van der Waals surface area contributed by atoms with Crippen LogP contribution in [0.25, 0.3) is 17.4 Å². The fraction of sp³-hybridized carbons (Fsp3) is 0.0909. The molecule has 150 valence electrons. The number of carbonyl (C=O) groups is 1.